The molecule has 1 saturated heterocycles. The van der Waals surface area contributed by atoms with Crippen LogP contribution in [0.2, 0.25) is 0 Å². The number of imidazole rings is 1. The Bertz CT molecular complexity index is 700. The van der Waals surface area contributed by atoms with E-state index in [0.717, 1.165) is 28.7 Å². The number of nitrogens with zero attached hydrogens (tertiary/aromatic N) is 3. The van der Waals surface area contributed by atoms with Gasteiger partial charge in [0.05, 0.1) is 23.0 Å². The van der Waals surface area contributed by atoms with Crippen molar-refractivity contribution in [1.82, 2.24) is 19.9 Å². The SMILES string of the molecule is CSc1cc(C)c(-c2cnc(C3CCCCN3CC(C)SC)[nH]2)cn1. The van der Waals surface area contributed by atoms with Crippen molar-refractivity contribution in [3.8, 4) is 11.3 Å². The molecule has 0 saturated carbocycles. The lowest BCUT2D eigenvalue weighted by Gasteiger charge is -2.35. The second-order valence-corrected chi connectivity index (χ2v) is 8.88. The number of thioether (sulfide) groups is 2. The normalized spacial score (nSPS) is 19.9. The van der Waals surface area contributed by atoms with Gasteiger partial charge in [0.2, 0.25) is 0 Å². The molecule has 0 radical (unpaired) electrons. The molecule has 0 aromatic carbocycles. The maximum Gasteiger partial charge on any atom is 0.123 e. The minimum absolute atomic E-state index is 0.413. The Morgan fingerprint density at radius 1 is 1.28 bits per heavy atom. The Balaban J connectivity index is 1.82. The quantitative estimate of drug-likeness (QED) is 0.735. The Hall–Kier alpha value is -0.980. The van der Waals surface area contributed by atoms with E-state index in [1.165, 1.54) is 31.4 Å². The van der Waals surface area contributed by atoms with Crippen LogP contribution >= 0.6 is 23.5 Å². The summed E-state index contributed by atoms with van der Waals surface area (Å²) in [5.74, 6) is 1.11. The zero-order valence-corrected chi connectivity index (χ0v) is 17.2. The summed E-state index contributed by atoms with van der Waals surface area (Å²) in [5.41, 5.74) is 3.47. The number of rotatable bonds is 6. The molecule has 6 heteroatoms. The van der Waals surface area contributed by atoms with Crippen LogP contribution in [0.25, 0.3) is 11.3 Å². The number of nitrogens with one attached hydrogen (secondary N) is 1. The van der Waals surface area contributed by atoms with Crippen molar-refractivity contribution >= 4 is 23.5 Å². The number of hydrogen-bond donors (Lipinski definition) is 1. The number of aromatic nitrogens is 3. The lowest BCUT2D eigenvalue weighted by molar-refractivity contribution is 0.145. The average molecular weight is 377 g/mol. The molecular weight excluding hydrogens is 348 g/mol. The van der Waals surface area contributed by atoms with Crippen LogP contribution in [-0.4, -0.2) is 50.7 Å². The van der Waals surface area contributed by atoms with Gasteiger partial charge in [-0.25, -0.2) is 9.97 Å². The Kier molecular flexibility index (Phi) is 6.47. The third-order valence-electron chi connectivity index (χ3n) is 5.00. The van der Waals surface area contributed by atoms with Gasteiger partial charge in [-0.15, -0.1) is 11.8 Å². The highest BCUT2D eigenvalue weighted by atomic mass is 32.2. The van der Waals surface area contributed by atoms with Gasteiger partial charge in [0.25, 0.3) is 0 Å². The number of pyridine rings is 1. The van der Waals surface area contributed by atoms with E-state index >= 15 is 0 Å². The molecule has 0 aliphatic carbocycles. The number of likely N-dealkylation sites (tertiary alicyclic amines) is 1. The van der Waals surface area contributed by atoms with Crippen molar-refractivity contribution in [2.75, 3.05) is 25.6 Å². The first-order valence-corrected chi connectivity index (χ1v) is 11.5. The first kappa shape index (κ1) is 18.8. The Morgan fingerprint density at radius 2 is 2.12 bits per heavy atom. The number of hydrogen-bond acceptors (Lipinski definition) is 5. The van der Waals surface area contributed by atoms with Gasteiger partial charge in [-0.1, -0.05) is 13.3 Å². The lowest BCUT2D eigenvalue weighted by atomic mass is 10.0. The molecule has 2 aromatic heterocycles. The largest absolute Gasteiger partial charge is 0.341 e. The zero-order chi connectivity index (χ0) is 17.8. The highest BCUT2D eigenvalue weighted by molar-refractivity contribution is 7.99. The lowest BCUT2D eigenvalue weighted by Crippen LogP contribution is -2.37. The summed E-state index contributed by atoms with van der Waals surface area (Å²) in [6, 6.07) is 2.56. The van der Waals surface area contributed by atoms with E-state index in [2.05, 4.69) is 47.3 Å². The summed E-state index contributed by atoms with van der Waals surface area (Å²) in [6.07, 6.45) is 12.0. The van der Waals surface area contributed by atoms with Gasteiger partial charge < -0.3 is 4.98 Å². The maximum atomic E-state index is 4.75. The molecule has 0 amide bonds. The molecule has 3 rings (SSSR count). The van der Waals surface area contributed by atoms with E-state index in [1.54, 1.807) is 11.8 Å². The number of piperidine rings is 1. The molecule has 0 bridgehead atoms. The van der Waals surface area contributed by atoms with Crippen LogP contribution < -0.4 is 0 Å². The van der Waals surface area contributed by atoms with Crippen molar-refractivity contribution in [3.63, 3.8) is 0 Å². The number of aromatic amines is 1. The zero-order valence-electron chi connectivity index (χ0n) is 15.6. The fourth-order valence-electron chi connectivity index (χ4n) is 3.49. The number of H-pyrrole nitrogens is 1. The average Bonchev–Trinajstić information content (AvgIpc) is 3.11. The van der Waals surface area contributed by atoms with E-state index in [4.69, 9.17) is 4.98 Å². The summed E-state index contributed by atoms with van der Waals surface area (Å²) in [6.45, 7) is 6.76. The minimum Gasteiger partial charge on any atom is -0.341 e. The standard InChI is InChI=1S/C19H28N4S2/c1-13-9-18(25-4)20-10-15(13)16-11-21-19(22-16)17-7-5-6-8-23(17)12-14(2)24-3/h9-11,14,17H,5-8,12H2,1-4H3,(H,21,22). The monoisotopic (exact) mass is 376 g/mol. The van der Waals surface area contributed by atoms with Gasteiger partial charge in [0.15, 0.2) is 0 Å². The van der Waals surface area contributed by atoms with E-state index < -0.39 is 0 Å². The van der Waals surface area contributed by atoms with Crippen LogP contribution in [0.5, 0.6) is 0 Å². The van der Waals surface area contributed by atoms with Crippen LogP contribution in [0.3, 0.4) is 0 Å². The van der Waals surface area contributed by atoms with Crippen molar-refractivity contribution in [2.24, 2.45) is 0 Å². The van der Waals surface area contributed by atoms with Crippen molar-refractivity contribution in [2.45, 2.75) is 49.4 Å². The van der Waals surface area contributed by atoms with Crippen LogP contribution in [0.15, 0.2) is 23.5 Å². The van der Waals surface area contributed by atoms with Gasteiger partial charge in [-0.3, -0.25) is 4.90 Å². The molecule has 2 unspecified atom stereocenters. The van der Waals surface area contributed by atoms with Crippen molar-refractivity contribution < 1.29 is 0 Å². The molecule has 1 aliphatic rings. The molecular formula is C19H28N4S2. The first-order valence-electron chi connectivity index (χ1n) is 8.95. The van der Waals surface area contributed by atoms with Gasteiger partial charge >= 0.3 is 0 Å². The van der Waals surface area contributed by atoms with E-state index in [0.29, 0.717) is 11.3 Å². The summed E-state index contributed by atoms with van der Waals surface area (Å²) < 4.78 is 0. The fraction of sp³-hybridized carbons (Fsp3) is 0.579. The number of aryl methyl sites for hydroxylation is 1. The van der Waals surface area contributed by atoms with Crippen LogP contribution in [0, 0.1) is 6.92 Å². The second-order valence-electron chi connectivity index (χ2n) is 6.78. The van der Waals surface area contributed by atoms with E-state index in [9.17, 15) is 0 Å². The molecule has 2 aromatic rings. The Morgan fingerprint density at radius 3 is 2.84 bits per heavy atom. The molecule has 3 heterocycles. The highest BCUT2D eigenvalue weighted by Crippen LogP contribution is 2.32. The predicted octanol–water partition coefficient (Wildman–Crippen LogP) is 4.78. The van der Waals surface area contributed by atoms with Gasteiger partial charge in [0, 0.05) is 23.6 Å². The van der Waals surface area contributed by atoms with E-state index in [-0.39, 0.29) is 0 Å². The molecule has 2 atom stereocenters. The molecule has 136 valence electrons. The molecule has 0 spiro atoms. The van der Waals surface area contributed by atoms with Gasteiger partial charge in [0.1, 0.15) is 5.82 Å². The molecule has 1 fully saturated rings. The Labute approximate surface area is 159 Å². The molecule has 25 heavy (non-hydrogen) atoms. The topological polar surface area (TPSA) is 44.8 Å². The van der Waals surface area contributed by atoms with Gasteiger partial charge in [-0.2, -0.15) is 11.8 Å². The molecule has 1 aliphatic heterocycles. The second kappa shape index (κ2) is 8.60. The van der Waals surface area contributed by atoms with Gasteiger partial charge in [-0.05, 0) is 50.5 Å². The molecule has 4 nitrogen and oxygen atoms in total. The van der Waals surface area contributed by atoms with Crippen molar-refractivity contribution in [3.05, 3.63) is 29.8 Å². The highest BCUT2D eigenvalue weighted by Gasteiger charge is 2.27. The van der Waals surface area contributed by atoms with Crippen LogP contribution in [0.4, 0.5) is 0 Å². The third kappa shape index (κ3) is 4.41. The van der Waals surface area contributed by atoms with Crippen molar-refractivity contribution in [1.29, 1.82) is 0 Å². The van der Waals surface area contributed by atoms with Crippen LogP contribution in [0.1, 0.15) is 43.6 Å². The van der Waals surface area contributed by atoms with E-state index in [1.807, 2.05) is 24.2 Å². The molecule has 1 N–H and O–H groups in total. The van der Waals surface area contributed by atoms with Crippen LogP contribution in [-0.2, 0) is 0 Å². The smallest absolute Gasteiger partial charge is 0.123 e. The first-order chi connectivity index (χ1) is 12.1. The predicted molar refractivity (Wildman–Crippen MR) is 109 cm³/mol. The summed E-state index contributed by atoms with van der Waals surface area (Å²) >= 11 is 3.62. The summed E-state index contributed by atoms with van der Waals surface area (Å²) in [7, 11) is 0. The third-order valence-corrected chi connectivity index (χ3v) is 6.60. The summed E-state index contributed by atoms with van der Waals surface area (Å²) in [4.78, 5) is 15.5. The maximum absolute atomic E-state index is 4.75. The fourth-order valence-corrected chi connectivity index (χ4v) is 4.28. The minimum atomic E-state index is 0.413. The summed E-state index contributed by atoms with van der Waals surface area (Å²) in [5, 5.41) is 1.71.